The van der Waals surface area contributed by atoms with Gasteiger partial charge < -0.3 is 5.32 Å². The van der Waals surface area contributed by atoms with Crippen molar-refractivity contribution in [2.75, 3.05) is 19.6 Å². The van der Waals surface area contributed by atoms with Crippen LogP contribution in [0.25, 0.3) is 0 Å². The lowest BCUT2D eigenvalue weighted by Gasteiger charge is -2.31. The Hall–Kier alpha value is -1.65. The fraction of sp³-hybridized carbons (Fsp3) is 0.476. The molecule has 1 N–H and O–H groups in total. The number of rotatable bonds is 6. The highest BCUT2D eigenvalue weighted by Gasteiger charge is 2.22. The Balaban J connectivity index is 1.66. The Morgan fingerprint density at radius 2 is 1.84 bits per heavy atom. The predicted octanol–water partition coefficient (Wildman–Crippen LogP) is 4.33. The average molecular weight is 357 g/mol. The van der Waals surface area contributed by atoms with E-state index in [0.29, 0.717) is 13.0 Å². The lowest BCUT2D eigenvalue weighted by molar-refractivity contribution is -0.120. The minimum atomic E-state index is 0.120. The van der Waals surface area contributed by atoms with Crippen LogP contribution in [0.4, 0.5) is 0 Å². The minimum absolute atomic E-state index is 0.120. The molecule has 134 valence electrons. The van der Waals surface area contributed by atoms with Gasteiger partial charge in [-0.05, 0) is 49.9 Å². The van der Waals surface area contributed by atoms with Crippen LogP contribution < -0.4 is 5.32 Å². The predicted molar refractivity (Wildman–Crippen MR) is 105 cm³/mol. The second kappa shape index (κ2) is 9.16. The SMILES string of the molecule is Cc1ccc(C(CNC(=O)Cc2cccs2)N2CCCCCC2)cc1. The Kier molecular flexibility index (Phi) is 6.65. The van der Waals surface area contributed by atoms with Crippen molar-refractivity contribution in [3.05, 3.63) is 57.8 Å². The van der Waals surface area contributed by atoms with Gasteiger partial charge >= 0.3 is 0 Å². The van der Waals surface area contributed by atoms with Crippen molar-refractivity contribution >= 4 is 17.2 Å². The Morgan fingerprint density at radius 3 is 2.48 bits per heavy atom. The Bertz CT molecular complexity index is 643. The fourth-order valence-corrected chi connectivity index (χ4v) is 4.20. The molecule has 25 heavy (non-hydrogen) atoms. The number of benzene rings is 1. The number of nitrogens with zero attached hydrogens (tertiary/aromatic N) is 1. The quantitative estimate of drug-likeness (QED) is 0.835. The van der Waals surface area contributed by atoms with Crippen molar-refractivity contribution in [3.8, 4) is 0 Å². The fourth-order valence-electron chi connectivity index (χ4n) is 3.50. The maximum Gasteiger partial charge on any atom is 0.225 e. The van der Waals surface area contributed by atoms with Gasteiger partial charge in [-0.3, -0.25) is 9.69 Å². The minimum Gasteiger partial charge on any atom is -0.354 e. The molecule has 1 aliphatic heterocycles. The standard InChI is InChI=1S/C21H28N2OS/c1-17-8-10-18(11-9-17)20(23-12-4-2-3-5-13-23)16-22-21(24)15-19-7-6-14-25-19/h6-11,14,20H,2-5,12-13,15-16H2,1H3,(H,22,24). The summed E-state index contributed by atoms with van der Waals surface area (Å²) in [5.41, 5.74) is 2.59. The largest absolute Gasteiger partial charge is 0.354 e. The number of carbonyl (C=O) groups is 1. The molecule has 0 aliphatic carbocycles. The summed E-state index contributed by atoms with van der Waals surface area (Å²) < 4.78 is 0. The van der Waals surface area contributed by atoms with Crippen molar-refractivity contribution < 1.29 is 4.79 Å². The summed E-state index contributed by atoms with van der Waals surface area (Å²) in [7, 11) is 0. The number of thiophene rings is 1. The number of carbonyl (C=O) groups excluding carboxylic acids is 1. The smallest absolute Gasteiger partial charge is 0.225 e. The van der Waals surface area contributed by atoms with Crippen LogP contribution in [0.1, 0.15) is 47.7 Å². The summed E-state index contributed by atoms with van der Waals surface area (Å²) in [5, 5.41) is 5.20. The molecule has 0 bridgehead atoms. The third-order valence-electron chi connectivity index (χ3n) is 4.95. The average Bonchev–Trinajstić information content (AvgIpc) is 2.97. The first kappa shape index (κ1) is 18.2. The normalized spacial score (nSPS) is 17.0. The summed E-state index contributed by atoms with van der Waals surface area (Å²) in [4.78, 5) is 16.0. The van der Waals surface area contributed by atoms with E-state index in [4.69, 9.17) is 0 Å². The maximum absolute atomic E-state index is 12.3. The van der Waals surface area contributed by atoms with Gasteiger partial charge in [0.1, 0.15) is 0 Å². The van der Waals surface area contributed by atoms with Gasteiger partial charge in [-0.2, -0.15) is 0 Å². The summed E-state index contributed by atoms with van der Waals surface area (Å²) in [6, 6.07) is 13.1. The van der Waals surface area contributed by atoms with Crippen LogP contribution in [0, 0.1) is 6.92 Å². The van der Waals surface area contributed by atoms with E-state index in [1.807, 2.05) is 17.5 Å². The number of hydrogen-bond acceptors (Lipinski definition) is 3. The number of amides is 1. The molecular weight excluding hydrogens is 328 g/mol. The first-order chi connectivity index (χ1) is 12.2. The summed E-state index contributed by atoms with van der Waals surface area (Å²) in [6.07, 6.45) is 5.64. The van der Waals surface area contributed by atoms with E-state index in [1.165, 1.54) is 36.8 Å². The van der Waals surface area contributed by atoms with Crippen LogP contribution >= 0.6 is 11.3 Å². The number of likely N-dealkylation sites (tertiary alicyclic amines) is 1. The molecule has 1 atom stereocenters. The van der Waals surface area contributed by atoms with Crippen molar-refractivity contribution in [1.82, 2.24) is 10.2 Å². The zero-order chi connectivity index (χ0) is 17.5. The van der Waals surface area contributed by atoms with Crippen LogP contribution in [-0.4, -0.2) is 30.4 Å². The van der Waals surface area contributed by atoms with E-state index in [0.717, 1.165) is 18.0 Å². The van der Waals surface area contributed by atoms with E-state index in [2.05, 4.69) is 41.4 Å². The van der Waals surface area contributed by atoms with E-state index in [9.17, 15) is 4.79 Å². The van der Waals surface area contributed by atoms with Gasteiger partial charge in [0.25, 0.3) is 0 Å². The highest BCUT2D eigenvalue weighted by molar-refractivity contribution is 7.10. The molecule has 2 aromatic rings. The van der Waals surface area contributed by atoms with E-state index in [-0.39, 0.29) is 11.9 Å². The lowest BCUT2D eigenvalue weighted by Crippen LogP contribution is -2.39. The molecule has 2 heterocycles. The van der Waals surface area contributed by atoms with Crippen molar-refractivity contribution in [2.24, 2.45) is 0 Å². The molecule has 1 aromatic heterocycles. The van der Waals surface area contributed by atoms with Crippen LogP contribution in [0.5, 0.6) is 0 Å². The molecule has 3 nitrogen and oxygen atoms in total. The molecular formula is C21H28N2OS. The van der Waals surface area contributed by atoms with Gasteiger partial charge in [0, 0.05) is 11.4 Å². The zero-order valence-electron chi connectivity index (χ0n) is 15.0. The first-order valence-corrected chi connectivity index (χ1v) is 10.2. The van der Waals surface area contributed by atoms with Crippen LogP contribution in [0.3, 0.4) is 0 Å². The summed E-state index contributed by atoms with van der Waals surface area (Å²) in [5.74, 6) is 0.120. The van der Waals surface area contributed by atoms with Crippen LogP contribution in [-0.2, 0) is 11.2 Å². The summed E-state index contributed by atoms with van der Waals surface area (Å²) in [6.45, 7) is 5.06. The van der Waals surface area contributed by atoms with Crippen molar-refractivity contribution in [3.63, 3.8) is 0 Å². The van der Waals surface area contributed by atoms with Crippen LogP contribution in [0.2, 0.25) is 0 Å². The molecule has 1 unspecified atom stereocenters. The molecule has 1 saturated heterocycles. The van der Waals surface area contributed by atoms with E-state index in [1.54, 1.807) is 11.3 Å². The molecule has 1 amide bonds. The molecule has 3 rings (SSSR count). The molecule has 0 radical (unpaired) electrons. The molecule has 0 saturated carbocycles. The monoisotopic (exact) mass is 356 g/mol. The zero-order valence-corrected chi connectivity index (χ0v) is 15.9. The van der Waals surface area contributed by atoms with Gasteiger partial charge in [0.15, 0.2) is 0 Å². The molecule has 0 spiro atoms. The van der Waals surface area contributed by atoms with Gasteiger partial charge in [-0.15, -0.1) is 11.3 Å². The third kappa shape index (κ3) is 5.41. The van der Waals surface area contributed by atoms with E-state index >= 15 is 0 Å². The molecule has 1 aliphatic rings. The second-order valence-corrected chi connectivity index (χ2v) is 7.97. The molecule has 4 heteroatoms. The third-order valence-corrected chi connectivity index (χ3v) is 5.83. The molecule has 1 fully saturated rings. The first-order valence-electron chi connectivity index (χ1n) is 9.32. The van der Waals surface area contributed by atoms with Gasteiger partial charge in [0.2, 0.25) is 5.91 Å². The van der Waals surface area contributed by atoms with Gasteiger partial charge in [-0.1, -0.05) is 48.7 Å². The van der Waals surface area contributed by atoms with E-state index < -0.39 is 0 Å². The highest BCUT2D eigenvalue weighted by Crippen LogP contribution is 2.24. The summed E-state index contributed by atoms with van der Waals surface area (Å²) >= 11 is 1.64. The maximum atomic E-state index is 12.3. The molecule has 1 aromatic carbocycles. The highest BCUT2D eigenvalue weighted by atomic mass is 32.1. The van der Waals surface area contributed by atoms with Gasteiger partial charge in [0.05, 0.1) is 12.5 Å². The number of aryl methyl sites for hydroxylation is 1. The lowest BCUT2D eigenvalue weighted by atomic mass is 10.0. The number of nitrogens with one attached hydrogen (secondary N) is 1. The Morgan fingerprint density at radius 1 is 1.12 bits per heavy atom. The Labute approximate surface area is 155 Å². The van der Waals surface area contributed by atoms with Crippen LogP contribution in [0.15, 0.2) is 41.8 Å². The van der Waals surface area contributed by atoms with Gasteiger partial charge in [-0.25, -0.2) is 0 Å². The topological polar surface area (TPSA) is 32.3 Å². The van der Waals surface area contributed by atoms with Crippen molar-refractivity contribution in [2.45, 2.75) is 45.1 Å². The number of hydrogen-bond donors (Lipinski definition) is 1. The second-order valence-electron chi connectivity index (χ2n) is 6.94. The van der Waals surface area contributed by atoms with Crippen molar-refractivity contribution in [1.29, 1.82) is 0 Å².